The van der Waals surface area contributed by atoms with Crippen molar-refractivity contribution in [2.45, 2.75) is 31.3 Å². The molecule has 0 aliphatic heterocycles. The molecule has 114 valence electrons. The number of aromatic nitrogens is 1. The number of hydrogen-bond donors (Lipinski definition) is 2. The van der Waals surface area contributed by atoms with Crippen LogP contribution in [-0.4, -0.2) is 13.0 Å². The van der Waals surface area contributed by atoms with Crippen LogP contribution in [0.25, 0.3) is 0 Å². The fraction of sp³-hybridized carbons (Fsp3) is 0.286. The number of aryl methyl sites for hydroxylation is 1. The summed E-state index contributed by atoms with van der Waals surface area (Å²) >= 11 is 0. The Labute approximate surface area is 123 Å². The minimum Gasteiger partial charge on any atom is -0.349 e. The van der Waals surface area contributed by atoms with E-state index in [9.17, 15) is 12.8 Å². The van der Waals surface area contributed by atoms with Crippen LogP contribution in [0.4, 0.5) is 10.1 Å². The van der Waals surface area contributed by atoms with Gasteiger partial charge in [0, 0.05) is 30.7 Å². The topological polar surface area (TPSA) is 77.1 Å². The van der Waals surface area contributed by atoms with Gasteiger partial charge in [-0.25, -0.2) is 12.8 Å². The number of anilines is 1. The minimum absolute atomic E-state index is 0.153. The van der Waals surface area contributed by atoms with Gasteiger partial charge in [-0.05, 0) is 36.8 Å². The third-order valence-corrected chi connectivity index (χ3v) is 4.39. The number of hydrogen-bond acceptors (Lipinski definition) is 3. The average Bonchev–Trinajstić information content (AvgIpc) is 2.86. The first-order valence-corrected chi connectivity index (χ1v) is 8.12. The molecule has 0 saturated heterocycles. The van der Waals surface area contributed by atoms with Crippen LogP contribution in [0.15, 0.2) is 41.4 Å². The predicted molar refractivity (Wildman–Crippen MR) is 79.8 cm³/mol. The molecule has 0 aliphatic rings. The fourth-order valence-electron chi connectivity index (χ4n) is 2.03. The van der Waals surface area contributed by atoms with Crippen molar-refractivity contribution >= 4 is 15.7 Å². The van der Waals surface area contributed by atoms with E-state index >= 15 is 0 Å². The first-order chi connectivity index (χ1) is 9.96. The SMILES string of the molecule is CCCn1cc(S(=O)(=O)Nc2ccc(F)cc2)cc1CN. The Kier molecular flexibility index (Phi) is 4.64. The summed E-state index contributed by atoms with van der Waals surface area (Å²) in [6, 6.07) is 6.71. The summed E-state index contributed by atoms with van der Waals surface area (Å²) < 4.78 is 41.7. The lowest BCUT2D eigenvalue weighted by molar-refractivity contribution is 0.599. The Bertz CT molecular complexity index is 708. The molecule has 0 atom stereocenters. The smallest absolute Gasteiger partial charge is 0.263 e. The zero-order chi connectivity index (χ0) is 15.5. The van der Waals surface area contributed by atoms with Gasteiger partial charge >= 0.3 is 0 Å². The van der Waals surface area contributed by atoms with Crippen molar-refractivity contribution < 1.29 is 12.8 Å². The number of nitrogens with one attached hydrogen (secondary N) is 1. The fourth-order valence-corrected chi connectivity index (χ4v) is 3.15. The molecule has 0 saturated carbocycles. The molecular formula is C14H18FN3O2S. The zero-order valence-electron chi connectivity index (χ0n) is 11.7. The van der Waals surface area contributed by atoms with Crippen molar-refractivity contribution in [3.05, 3.63) is 48.0 Å². The summed E-state index contributed by atoms with van der Waals surface area (Å²) in [5, 5.41) is 0. The van der Waals surface area contributed by atoms with Gasteiger partial charge in [-0.1, -0.05) is 6.92 Å². The van der Waals surface area contributed by atoms with E-state index in [1.165, 1.54) is 24.3 Å². The highest BCUT2D eigenvalue weighted by Gasteiger charge is 2.18. The van der Waals surface area contributed by atoms with Crippen molar-refractivity contribution in [3.8, 4) is 0 Å². The maximum absolute atomic E-state index is 12.8. The van der Waals surface area contributed by atoms with Gasteiger partial charge < -0.3 is 10.3 Å². The molecule has 0 amide bonds. The molecule has 7 heteroatoms. The van der Waals surface area contributed by atoms with Crippen molar-refractivity contribution in [3.63, 3.8) is 0 Å². The Morgan fingerprint density at radius 1 is 1.29 bits per heavy atom. The zero-order valence-corrected chi connectivity index (χ0v) is 12.5. The quantitative estimate of drug-likeness (QED) is 0.859. The molecule has 2 aromatic rings. The van der Waals surface area contributed by atoms with E-state index in [0.29, 0.717) is 12.2 Å². The molecule has 3 N–H and O–H groups in total. The van der Waals surface area contributed by atoms with Gasteiger partial charge in [-0.15, -0.1) is 0 Å². The van der Waals surface area contributed by atoms with Crippen LogP contribution in [-0.2, 0) is 23.1 Å². The number of nitrogens with zero attached hydrogens (tertiary/aromatic N) is 1. The Morgan fingerprint density at radius 3 is 2.52 bits per heavy atom. The Hall–Kier alpha value is -1.86. The van der Waals surface area contributed by atoms with E-state index in [4.69, 9.17) is 5.73 Å². The molecule has 1 aromatic heterocycles. The molecule has 0 spiro atoms. The van der Waals surface area contributed by atoms with Gasteiger partial charge in [0.1, 0.15) is 10.7 Å². The second-order valence-corrected chi connectivity index (χ2v) is 6.36. The van der Waals surface area contributed by atoms with E-state index in [0.717, 1.165) is 12.1 Å². The minimum atomic E-state index is -3.71. The number of halogens is 1. The molecule has 1 aromatic carbocycles. The lowest BCUT2D eigenvalue weighted by Gasteiger charge is -2.06. The summed E-state index contributed by atoms with van der Waals surface area (Å²) in [6.45, 7) is 2.98. The summed E-state index contributed by atoms with van der Waals surface area (Å²) in [7, 11) is -3.71. The van der Waals surface area contributed by atoms with Gasteiger partial charge in [-0.3, -0.25) is 4.72 Å². The molecule has 0 fully saturated rings. The first-order valence-electron chi connectivity index (χ1n) is 6.63. The van der Waals surface area contributed by atoms with Crippen LogP contribution in [0.1, 0.15) is 19.0 Å². The molecule has 21 heavy (non-hydrogen) atoms. The third-order valence-electron chi connectivity index (χ3n) is 3.04. The van der Waals surface area contributed by atoms with Gasteiger partial charge in [0.2, 0.25) is 0 Å². The standard InChI is InChI=1S/C14H18FN3O2S/c1-2-7-18-10-14(8-13(18)9-16)21(19,20)17-12-5-3-11(15)4-6-12/h3-6,8,10,17H,2,7,9,16H2,1H3. The van der Waals surface area contributed by atoms with Gasteiger partial charge in [0.25, 0.3) is 10.0 Å². The van der Waals surface area contributed by atoms with Gasteiger partial charge in [0.15, 0.2) is 0 Å². The second-order valence-electron chi connectivity index (χ2n) is 4.68. The molecule has 0 unspecified atom stereocenters. The molecule has 0 aliphatic carbocycles. The lowest BCUT2D eigenvalue weighted by atomic mass is 10.3. The normalized spacial score (nSPS) is 11.6. The van der Waals surface area contributed by atoms with E-state index in [-0.39, 0.29) is 11.4 Å². The Balaban J connectivity index is 2.28. The van der Waals surface area contributed by atoms with E-state index in [1.54, 1.807) is 12.3 Å². The van der Waals surface area contributed by atoms with Crippen LogP contribution in [0.2, 0.25) is 0 Å². The molecule has 2 rings (SSSR count). The summed E-state index contributed by atoms with van der Waals surface area (Å²) in [6.07, 6.45) is 2.45. The molecule has 0 bridgehead atoms. The third kappa shape index (κ3) is 3.62. The maximum atomic E-state index is 12.8. The largest absolute Gasteiger partial charge is 0.349 e. The van der Waals surface area contributed by atoms with E-state index in [2.05, 4.69) is 4.72 Å². The molecule has 1 heterocycles. The van der Waals surface area contributed by atoms with Gasteiger partial charge in [0.05, 0.1) is 0 Å². The van der Waals surface area contributed by atoms with Crippen molar-refractivity contribution in [1.29, 1.82) is 0 Å². The highest BCUT2D eigenvalue weighted by atomic mass is 32.2. The summed E-state index contributed by atoms with van der Waals surface area (Å²) in [5.74, 6) is -0.419. The average molecular weight is 311 g/mol. The molecule has 0 radical (unpaired) electrons. The van der Waals surface area contributed by atoms with Crippen LogP contribution < -0.4 is 10.5 Å². The van der Waals surface area contributed by atoms with Crippen LogP contribution in [0.5, 0.6) is 0 Å². The maximum Gasteiger partial charge on any atom is 0.263 e. The number of nitrogens with two attached hydrogens (primary N) is 1. The Morgan fingerprint density at radius 2 is 1.95 bits per heavy atom. The predicted octanol–water partition coefficient (Wildman–Crippen LogP) is 2.30. The molecule has 5 nitrogen and oxygen atoms in total. The highest BCUT2D eigenvalue weighted by Crippen LogP contribution is 2.19. The lowest BCUT2D eigenvalue weighted by Crippen LogP contribution is -2.12. The monoisotopic (exact) mass is 311 g/mol. The van der Waals surface area contributed by atoms with E-state index < -0.39 is 15.8 Å². The summed E-state index contributed by atoms with van der Waals surface area (Å²) in [5.41, 5.74) is 6.70. The number of benzene rings is 1. The molecular weight excluding hydrogens is 293 g/mol. The van der Waals surface area contributed by atoms with Crippen molar-refractivity contribution in [2.75, 3.05) is 4.72 Å². The second kappa shape index (κ2) is 6.28. The summed E-state index contributed by atoms with van der Waals surface area (Å²) in [4.78, 5) is 0.153. The number of rotatable bonds is 6. The number of sulfonamides is 1. The van der Waals surface area contributed by atoms with Crippen molar-refractivity contribution in [1.82, 2.24) is 4.57 Å². The van der Waals surface area contributed by atoms with Crippen LogP contribution in [0.3, 0.4) is 0 Å². The van der Waals surface area contributed by atoms with Crippen LogP contribution in [0, 0.1) is 5.82 Å². The van der Waals surface area contributed by atoms with Crippen LogP contribution >= 0.6 is 0 Å². The van der Waals surface area contributed by atoms with Gasteiger partial charge in [-0.2, -0.15) is 0 Å². The first kappa shape index (κ1) is 15.5. The van der Waals surface area contributed by atoms with E-state index in [1.807, 2.05) is 11.5 Å². The highest BCUT2D eigenvalue weighted by molar-refractivity contribution is 7.92. The van der Waals surface area contributed by atoms with Crippen molar-refractivity contribution in [2.24, 2.45) is 5.73 Å².